The Morgan fingerprint density at radius 2 is 1.78 bits per heavy atom. The van der Waals surface area contributed by atoms with E-state index in [0.717, 1.165) is 0 Å². The van der Waals surface area contributed by atoms with Gasteiger partial charge in [0.1, 0.15) is 0 Å². The van der Waals surface area contributed by atoms with Gasteiger partial charge in [-0.05, 0) is 12.8 Å². The second-order valence-electron chi connectivity index (χ2n) is 2.83. The highest BCUT2D eigenvalue weighted by Crippen LogP contribution is 2.34. The molecule has 0 unspecified atom stereocenters. The summed E-state index contributed by atoms with van der Waals surface area (Å²) in [6, 6.07) is 0. The fourth-order valence-corrected chi connectivity index (χ4v) is 1.64. The molecule has 0 bridgehead atoms. The average Bonchev–Trinajstić information content (AvgIpc) is 1.90. The van der Waals surface area contributed by atoms with Crippen molar-refractivity contribution >= 4 is 12.6 Å². The van der Waals surface area contributed by atoms with Crippen LogP contribution in [0, 0.1) is 0 Å². The first-order chi connectivity index (χ1) is 4.27. The Bertz CT molecular complexity index is 101. The highest BCUT2D eigenvalue weighted by molar-refractivity contribution is 7.82. The highest BCUT2D eigenvalue weighted by Gasteiger charge is 2.24. The van der Waals surface area contributed by atoms with Gasteiger partial charge < -0.3 is 0 Å². The maximum Gasteiger partial charge on any atom is 0.0440 e. The normalized spacial score (nSPS) is 25.4. The molecule has 1 aliphatic rings. The monoisotopic (exact) mass is 141 g/mol. The van der Waals surface area contributed by atoms with Crippen molar-refractivity contribution in [3.8, 4) is 0 Å². The van der Waals surface area contributed by atoms with Crippen LogP contribution >= 0.6 is 12.6 Å². The first-order valence-electron chi connectivity index (χ1n) is 3.61. The molecule has 0 saturated heterocycles. The molecule has 1 fully saturated rings. The first-order valence-corrected chi connectivity index (χ1v) is 4.02. The van der Waals surface area contributed by atoms with Crippen LogP contribution < -0.4 is 0 Å². The summed E-state index contributed by atoms with van der Waals surface area (Å²) in [4.78, 5) is 0. The molecule has 0 aromatic carbocycles. The predicted molar refractivity (Wildman–Crippen MR) is 43.6 cm³/mol. The Kier molecular flexibility index (Phi) is 2.23. The first kappa shape index (κ1) is 7.20. The average molecular weight is 141 g/mol. The topological polar surface area (TPSA) is 0 Å². The van der Waals surface area contributed by atoms with Crippen LogP contribution in [0.4, 0.5) is 0 Å². The maximum atomic E-state index is 5.34. The molecule has 1 heteroatoms. The van der Waals surface area contributed by atoms with Crippen LogP contribution in [0.2, 0.25) is 0 Å². The molecule has 0 amide bonds. The van der Waals surface area contributed by atoms with E-state index >= 15 is 0 Å². The smallest absolute Gasteiger partial charge is 0.0440 e. The molecule has 51 valence electrons. The second-order valence-corrected chi connectivity index (χ2v) is 3.64. The van der Waals surface area contributed by atoms with Crippen LogP contribution in [0.1, 0.15) is 32.1 Å². The third-order valence-corrected chi connectivity index (χ3v) is 2.65. The number of hydrogen-bond acceptors (Lipinski definition) is 0. The molecule has 0 spiro atoms. The summed E-state index contributed by atoms with van der Waals surface area (Å²) in [5.41, 5.74) is 0. The van der Waals surface area contributed by atoms with Crippen LogP contribution in [0.15, 0.2) is 12.7 Å². The summed E-state index contributed by atoms with van der Waals surface area (Å²) in [7, 11) is 0. The van der Waals surface area contributed by atoms with Crippen LogP contribution in [0.5, 0.6) is 0 Å². The fourth-order valence-electron chi connectivity index (χ4n) is 1.35. The Balaban J connectivity index is 2.46. The number of hydrogen-bond donors (Lipinski definition) is 0. The van der Waals surface area contributed by atoms with E-state index in [4.69, 9.17) is 12.6 Å². The van der Waals surface area contributed by atoms with Crippen molar-refractivity contribution in [2.45, 2.75) is 36.9 Å². The van der Waals surface area contributed by atoms with E-state index in [-0.39, 0.29) is 4.75 Å². The summed E-state index contributed by atoms with van der Waals surface area (Å²) < 4.78 is 0.0677. The Morgan fingerprint density at radius 3 is 2.11 bits per heavy atom. The summed E-state index contributed by atoms with van der Waals surface area (Å²) in [6.07, 6.45) is 8.26. The van der Waals surface area contributed by atoms with Gasteiger partial charge in [-0.3, -0.25) is 0 Å². The number of rotatable bonds is 1. The van der Waals surface area contributed by atoms with Crippen molar-refractivity contribution < 1.29 is 0 Å². The zero-order valence-electron chi connectivity index (χ0n) is 5.73. The molecular weight excluding hydrogens is 128 g/mol. The van der Waals surface area contributed by atoms with E-state index in [1.54, 1.807) is 0 Å². The summed E-state index contributed by atoms with van der Waals surface area (Å²) in [6.45, 7) is 3.75. The lowest BCUT2D eigenvalue weighted by atomic mass is 9.88. The second kappa shape index (κ2) is 2.78. The van der Waals surface area contributed by atoms with Crippen LogP contribution in [-0.2, 0) is 0 Å². The van der Waals surface area contributed by atoms with E-state index in [0.29, 0.717) is 0 Å². The zero-order chi connectivity index (χ0) is 6.74. The SMILES string of the molecule is C=CC1([S])CCCCC1. The maximum absolute atomic E-state index is 5.34. The molecule has 0 nitrogen and oxygen atoms in total. The lowest BCUT2D eigenvalue weighted by molar-refractivity contribution is 0.455. The van der Waals surface area contributed by atoms with Gasteiger partial charge in [-0.25, -0.2) is 0 Å². The van der Waals surface area contributed by atoms with Gasteiger partial charge in [0.2, 0.25) is 0 Å². The Morgan fingerprint density at radius 1 is 1.22 bits per heavy atom. The minimum atomic E-state index is 0.0677. The molecule has 1 saturated carbocycles. The molecule has 1 aliphatic carbocycles. The van der Waals surface area contributed by atoms with Gasteiger partial charge in [0, 0.05) is 4.75 Å². The van der Waals surface area contributed by atoms with Crippen LogP contribution in [-0.4, -0.2) is 4.75 Å². The van der Waals surface area contributed by atoms with Gasteiger partial charge >= 0.3 is 0 Å². The van der Waals surface area contributed by atoms with Crippen LogP contribution in [0.25, 0.3) is 0 Å². The van der Waals surface area contributed by atoms with Crippen molar-refractivity contribution in [1.29, 1.82) is 0 Å². The minimum Gasteiger partial charge on any atom is -0.102 e. The van der Waals surface area contributed by atoms with Crippen LogP contribution in [0.3, 0.4) is 0 Å². The molecule has 0 aliphatic heterocycles. The third kappa shape index (κ3) is 1.75. The molecule has 0 aromatic heterocycles. The van der Waals surface area contributed by atoms with E-state index in [2.05, 4.69) is 6.58 Å². The Hall–Kier alpha value is 0.0900. The standard InChI is InChI=1S/C8H13S/c1-2-8(9)6-4-3-5-7-8/h2H,1,3-7H2. The summed E-state index contributed by atoms with van der Waals surface area (Å²) >= 11 is 5.34. The predicted octanol–water partition coefficient (Wildman–Crippen LogP) is 3.07. The van der Waals surface area contributed by atoms with E-state index < -0.39 is 0 Å². The quantitative estimate of drug-likeness (QED) is 0.492. The third-order valence-electron chi connectivity index (χ3n) is 2.07. The van der Waals surface area contributed by atoms with Crippen molar-refractivity contribution in [1.82, 2.24) is 0 Å². The van der Waals surface area contributed by atoms with E-state index in [1.807, 2.05) is 6.08 Å². The van der Waals surface area contributed by atoms with Gasteiger partial charge in [0.15, 0.2) is 0 Å². The summed E-state index contributed by atoms with van der Waals surface area (Å²) in [5.74, 6) is 0. The lowest BCUT2D eigenvalue weighted by Crippen LogP contribution is -2.21. The largest absolute Gasteiger partial charge is 0.102 e. The van der Waals surface area contributed by atoms with Crippen molar-refractivity contribution in [3.05, 3.63) is 12.7 Å². The van der Waals surface area contributed by atoms with Crippen molar-refractivity contribution in [3.63, 3.8) is 0 Å². The minimum absolute atomic E-state index is 0.0677. The zero-order valence-corrected chi connectivity index (χ0v) is 6.54. The van der Waals surface area contributed by atoms with Crippen molar-refractivity contribution in [2.75, 3.05) is 0 Å². The van der Waals surface area contributed by atoms with Gasteiger partial charge in [-0.15, -0.1) is 6.58 Å². The molecule has 0 aromatic rings. The van der Waals surface area contributed by atoms with E-state index in [9.17, 15) is 0 Å². The van der Waals surface area contributed by atoms with Gasteiger partial charge in [-0.1, -0.05) is 38.0 Å². The molecule has 1 radical (unpaired) electrons. The Labute approximate surface area is 62.8 Å². The fraction of sp³-hybridized carbons (Fsp3) is 0.750. The lowest BCUT2D eigenvalue weighted by Gasteiger charge is -2.27. The highest BCUT2D eigenvalue weighted by atomic mass is 32.1. The molecule has 0 heterocycles. The molecule has 0 atom stereocenters. The summed E-state index contributed by atoms with van der Waals surface area (Å²) in [5, 5.41) is 0. The molecule has 9 heavy (non-hydrogen) atoms. The van der Waals surface area contributed by atoms with E-state index in [1.165, 1.54) is 32.1 Å². The van der Waals surface area contributed by atoms with Gasteiger partial charge in [0.25, 0.3) is 0 Å². The molecule has 1 rings (SSSR count). The molecular formula is C8H13S. The van der Waals surface area contributed by atoms with Crippen molar-refractivity contribution in [2.24, 2.45) is 0 Å². The molecule has 0 N–H and O–H groups in total. The van der Waals surface area contributed by atoms with Gasteiger partial charge in [-0.2, -0.15) is 0 Å². The van der Waals surface area contributed by atoms with Gasteiger partial charge in [0.05, 0.1) is 0 Å².